The molecule has 0 saturated heterocycles. The number of halogens is 1. The third-order valence-corrected chi connectivity index (χ3v) is 2.96. The van der Waals surface area contributed by atoms with Crippen molar-refractivity contribution >= 4 is 27.5 Å². The van der Waals surface area contributed by atoms with E-state index in [1.54, 1.807) is 12.1 Å². The first-order valence-corrected chi connectivity index (χ1v) is 5.92. The van der Waals surface area contributed by atoms with Crippen LogP contribution in [0.4, 0.5) is 5.69 Å². The van der Waals surface area contributed by atoms with Crippen molar-refractivity contribution in [1.82, 2.24) is 0 Å². The molecule has 0 bridgehead atoms. The number of carbonyl (C=O) groups excluding carboxylic acids is 1. The van der Waals surface area contributed by atoms with Crippen molar-refractivity contribution in [2.45, 2.75) is 6.10 Å². The molecule has 0 aromatic heterocycles. The Morgan fingerprint density at radius 3 is 3.00 bits per heavy atom. The van der Waals surface area contributed by atoms with E-state index < -0.39 is 6.10 Å². The predicted octanol–water partition coefficient (Wildman–Crippen LogP) is 0.528. The first-order valence-electron chi connectivity index (χ1n) is 5.13. The van der Waals surface area contributed by atoms with Gasteiger partial charge < -0.3 is 19.8 Å². The molecule has 1 aliphatic heterocycles. The van der Waals surface area contributed by atoms with E-state index in [0.29, 0.717) is 11.4 Å². The zero-order valence-electron chi connectivity index (χ0n) is 8.97. The van der Waals surface area contributed by atoms with Gasteiger partial charge in [0.05, 0.1) is 24.9 Å². The van der Waals surface area contributed by atoms with Gasteiger partial charge in [-0.3, -0.25) is 4.79 Å². The second-order valence-electron chi connectivity index (χ2n) is 3.74. The molecule has 6 heteroatoms. The Balaban J connectivity index is 2.32. The Bertz CT molecular complexity index is 437. The number of fused-ring (bicyclic) bond motifs is 1. The first-order chi connectivity index (χ1) is 8.11. The van der Waals surface area contributed by atoms with Crippen LogP contribution in [0.2, 0.25) is 0 Å². The number of aliphatic hydroxyl groups is 2. The van der Waals surface area contributed by atoms with Crippen LogP contribution in [0.1, 0.15) is 0 Å². The summed E-state index contributed by atoms with van der Waals surface area (Å²) in [5.74, 6) is 0.362. The minimum atomic E-state index is -0.955. The number of β-amino-alcohol motifs (C(OH)–C–C–N with tert-alkyl or cyclic N) is 1. The van der Waals surface area contributed by atoms with Crippen LogP contribution in [-0.4, -0.2) is 42.0 Å². The molecule has 1 amide bonds. The van der Waals surface area contributed by atoms with Crippen molar-refractivity contribution in [3.63, 3.8) is 0 Å². The lowest BCUT2D eigenvalue weighted by Crippen LogP contribution is -2.44. The average Bonchev–Trinajstić information content (AvgIpc) is 2.32. The summed E-state index contributed by atoms with van der Waals surface area (Å²) in [5.41, 5.74) is 0.600. The van der Waals surface area contributed by atoms with E-state index >= 15 is 0 Å². The quantitative estimate of drug-likeness (QED) is 0.854. The highest BCUT2D eigenvalue weighted by molar-refractivity contribution is 9.10. The maximum absolute atomic E-state index is 11.7. The molecular formula is C11H12BrNO4. The predicted molar refractivity (Wildman–Crippen MR) is 65.1 cm³/mol. The number of ether oxygens (including phenoxy) is 1. The van der Waals surface area contributed by atoms with Gasteiger partial charge in [0.2, 0.25) is 0 Å². The summed E-state index contributed by atoms with van der Waals surface area (Å²) in [6.45, 7) is -0.372. The highest BCUT2D eigenvalue weighted by Crippen LogP contribution is 2.34. The standard InChI is InChI=1S/C11H12BrNO4/c12-7-1-2-10-9(3-7)13(4-8(15)5-14)11(16)6-17-10/h1-3,8,14-15H,4-6H2. The maximum atomic E-state index is 11.7. The number of hydrogen-bond donors (Lipinski definition) is 2. The molecule has 0 radical (unpaired) electrons. The molecule has 17 heavy (non-hydrogen) atoms. The summed E-state index contributed by atoms with van der Waals surface area (Å²) in [6, 6.07) is 5.32. The molecule has 2 rings (SSSR count). The zero-order valence-corrected chi connectivity index (χ0v) is 10.6. The fraction of sp³-hybridized carbons (Fsp3) is 0.364. The number of rotatable bonds is 3. The lowest BCUT2D eigenvalue weighted by Gasteiger charge is -2.30. The van der Waals surface area contributed by atoms with E-state index in [0.717, 1.165) is 4.47 Å². The van der Waals surface area contributed by atoms with Gasteiger partial charge in [-0.25, -0.2) is 0 Å². The molecule has 5 nitrogen and oxygen atoms in total. The van der Waals surface area contributed by atoms with E-state index in [9.17, 15) is 9.90 Å². The normalized spacial score (nSPS) is 16.4. The van der Waals surface area contributed by atoms with Crippen LogP contribution in [0.3, 0.4) is 0 Å². The van der Waals surface area contributed by atoms with Crippen molar-refractivity contribution in [3.8, 4) is 5.75 Å². The molecular weight excluding hydrogens is 290 g/mol. The molecule has 1 unspecified atom stereocenters. The number of nitrogens with zero attached hydrogens (tertiary/aromatic N) is 1. The molecule has 92 valence electrons. The van der Waals surface area contributed by atoms with E-state index in [4.69, 9.17) is 9.84 Å². The maximum Gasteiger partial charge on any atom is 0.265 e. The number of carbonyl (C=O) groups is 1. The van der Waals surface area contributed by atoms with Crippen molar-refractivity contribution < 1.29 is 19.7 Å². The van der Waals surface area contributed by atoms with Crippen LogP contribution in [0, 0.1) is 0 Å². The smallest absolute Gasteiger partial charge is 0.265 e. The van der Waals surface area contributed by atoms with E-state index in [1.165, 1.54) is 4.90 Å². The fourth-order valence-corrected chi connectivity index (χ4v) is 1.99. The van der Waals surface area contributed by atoms with Crippen LogP contribution in [-0.2, 0) is 4.79 Å². The van der Waals surface area contributed by atoms with Gasteiger partial charge in [-0.05, 0) is 18.2 Å². The molecule has 1 aromatic rings. The zero-order chi connectivity index (χ0) is 12.4. The molecule has 1 aliphatic rings. The molecule has 1 aromatic carbocycles. The number of benzene rings is 1. The number of aliphatic hydroxyl groups excluding tert-OH is 2. The van der Waals surface area contributed by atoms with Crippen LogP contribution in [0.25, 0.3) is 0 Å². The Labute approximate surface area is 107 Å². The summed E-state index contributed by atoms with van der Waals surface area (Å²) in [5, 5.41) is 18.3. The molecule has 2 N–H and O–H groups in total. The SMILES string of the molecule is O=C1COc2ccc(Br)cc2N1CC(O)CO. The Kier molecular flexibility index (Phi) is 3.66. The molecule has 1 atom stereocenters. The van der Waals surface area contributed by atoms with Crippen LogP contribution >= 0.6 is 15.9 Å². The first kappa shape index (κ1) is 12.3. The third kappa shape index (κ3) is 2.59. The van der Waals surface area contributed by atoms with Crippen LogP contribution in [0.15, 0.2) is 22.7 Å². The largest absolute Gasteiger partial charge is 0.482 e. The van der Waals surface area contributed by atoms with Gasteiger partial charge in [0.1, 0.15) is 5.75 Å². The van der Waals surface area contributed by atoms with Crippen LogP contribution < -0.4 is 9.64 Å². The molecule has 1 heterocycles. The minimum absolute atomic E-state index is 0.0488. The van der Waals surface area contributed by atoms with Gasteiger partial charge in [0.15, 0.2) is 6.61 Å². The second kappa shape index (κ2) is 5.03. The van der Waals surface area contributed by atoms with Gasteiger partial charge in [-0.1, -0.05) is 15.9 Å². The third-order valence-electron chi connectivity index (χ3n) is 2.47. The van der Waals surface area contributed by atoms with Crippen molar-refractivity contribution in [1.29, 1.82) is 0 Å². The Hall–Kier alpha value is -1.11. The number of anilines is 1. The highest BCUT2D eigenvalue weighted by Gasteiger charge is 2.27. The Morgan fingerprint density at radius 2 is 2.29 bits per heavy atom. The average molecular weight is 302 g/mol. The van der Waals surface area contributed by atoms with Gasteiger partial charge in [-0.15, -0.1) is 0 Å². The molecule has 0 spiro atoms. The summed E-state index contributed by atoms with van der Waals surface area (Å²) >= 11 is 3.32. The van der Waals surface area contributed by atoms with Gasteiger partial charge in [-0.2, -0.15) is 0 Å². The summed E-state index contributed by atoms with van der Waals surface area (Å²) in [4.78, 5) is 13.1. The number of amides is 1. The van der Waals surface area contributed by atoms with E-state index in [1.807, 2.05) is 6.07 Å². The van der Waals surface area contributed by atoms with Crippen molar-refractivity contribution in [2.24, 2.45) is 0 Å². The van der Waals surface area contributed by atoms with E-state index in [-0.39, 0.29) is 25.7 Å². The van der Waals surface area contributed by atoms with Gasteiger partial charge >= 0.3 is 0 Å². The molecule has 0 saturated carbocycles. The molecule has 0 fully saturated rings. The Morgan fingerprint density at radius 1 is 1.53 bits per heavy atom. The van der Waals surface area contributed by atoms with Crippen molar-refractivity contribution in [2.75, 3.05) is 24.7 Å². The van der Waals surface area contributed by atoms with Crippen LogP contribution in [0.5, 0.6) is 5.75 Å². The van der Waals surface area contributed by atoms with Crippen molar-refractivity contribution in [3.05, 3.63) is 22.7 Å². The second-order valence-corrected chi connectivity index (χ2v) is 4.66. The lowest BCUT2D eigenvalue weighted by molar-refractivity contribution is -0.121. The summed E-state index contributed by atoms with van der Waals surface area (Å²) in [6.07, 6.45) is -0.955. The minimum Gasteiger partial charge on any atom is -0.482 e. The van der Waals surface area contributed by atoms with Gasteiger partial charge in [0.25, 0.3) is 5.91 Å². The monoisotopic (exact) mass is 301 g/mol. The van der Waals surface area contributed by atoms with Gasteiger partial charge in [0, 0.05) is 4.47 Å². The fourth-order valence-electron chi connectivity index (χ4n) is 1.64. The van der Waals surface area contributed by atoms with E-state index in [2.05, 4.69) is 15.9 Å². The summed E-state index contributed by atoms with van der Waals surface area (Å²) < 4.78 is 6.10. The summed E-state index contributed by atoms with van der Waals surface area (Å²) in [7, 11) is 0. The lowest BCUT2D eigenvalue weighted by atomic mass is 10.2. The molecule has 0 aliphatic carbocycles. The highest BCUT2D eigenvalue weighted by atomic mass is 79.9. The topological polar surface area (TPSA) is 70.0 Å². The number of hydrogen-bond acceptors (Lipinski definition) is 4.